The lowest BCUT2D eigenvalue weighted by Crippen LogP contribution is -2.04. The first-order valence-electron chi connectivity index (χ1n) is 6.29. The van der Waals surface area contributed by atoms with Crippen LogP contribution in [-0.4, -0.2) is 20.3 Å². The second-order valence-corrected chi connectivity index (χ2v) is 4.24. The number of anilines is 1. The van der Waals surface area contributed by atoms with Crippen LogP contribution in [0.5, 0.6) is 5.75 Å². The molecule has 0 saturated heterocycles. The molecular formula is C15H19NO3. The zero-order chi connectivity index (χ0) is 13.5. The van der Waals surface area contributed by atoms with Gasteiger partial charge < -0.3 is 19.2 Å². The largest absolute Gasteiger partial charge is 0.491 e. The molecule has 19 heavy (non-hydrogen) atoms. The van der Waals surface area contributed by atoms with Crippen molar-refractivity contribution in [2.45, 2.75) is 13.5 Å². The highest BCUT2D eigenvalue weighted by atomic mass is 16.5. The summed E-state index contributed by atoms with van der Waals surface area (Å²) in [6.45, 7) is 3.74. The van der Waals surface area contributed by atoms with Crippen molar-refractivity contribution in [1.82, 2.24) is 0 Å². The van der Waals surface area contributed by atoms with E-state index in [1.807, 2.05) is 43.3 Å². The standard InChI is InChI=1S/C15H19NO3/c1-12-6-7-15(19-12)11-16-13-4-3-5-14(10-13)18-9-8-17-2/h3-7,10,16H,8-9,11H2,1-2H3. The molecule has 0 amide bonds. The summed E-state index contributed by atoms with van der Waals surface area (Å²) in [6, 6.07) is 11.8. The van der Waals surface area contributed by atoms with Gasteiger partial charge >= 0.3 is 0 Å². The molecule has 4 nitrogen and oxygen atoms in total. The highest BCUT2D eigenvalue weighted by Crippen LogP contribution is 2.18. The molecule has 1 N–H and O–H groups in total. The Hall–Kier alpha value is -1.94. The Morgan fingerprint density at radius 1 is 1.16 bits per heavy atom. The first kappa shape index (κ1) is 13.5. The van der Waals surface area contributed by atoms with E-state index in [9.17, 15) is 0 Å². The SMILES string of the molecule is COCCOc1cccc(NCc2ccc(C)o2)c1. The van der Waals surface area contributed by atoms with E-state index in [1.165, 1.54) is 0 Å². The van der Waals surface area contributed by atoms with E-state index in [-0.39, 0.29) is 0 Å². The molecule has 0 aliphatic rings. The fourth-order valence-corrected chi connectivity index (χ4v) is 1.71. The van der Waals surface area contributed by atoms with Gasteiger partial charge in [-0.1, -0.05) is 6.07 Å². The predicted octanol–water partition coefficient (Wildman–Crippen LogP) is 3.23. The smallest absolute Gasteiger partial charge is 0.123 e. The molecule has 2 rings (SSSR count). The average Bonchev–Trinajstić information content (AvgIpc) is 2.83. The summed E-state index contributed by atoms with van der Waals surface area (Å²) in [5, 5.41) is 3.30. The minimum atomic E-state index is 0.553. The molecule has 0 unspecified atom stereocenters. The minimum absolute atomic E-state index is 0.553. The summed E-state index contributed by atoms with van der Waals surface area (Å²) in [7, 11) is 1.66. The van der Waals surface area contributed by atoms with Gasteiger partial charge in [0.25, 0.3) is 0 Å². The summed E-state index contributed by atoms with van der Waals surface area (Å²) in [5.41, 5.74) is 1.00. The zero-order valence-electron chi connectivity index (χ0n) is 11.3. The first-order valence-corrected chi connectivity index (χ1v) is 6.29. The molecule has 0 spiro atoms. The lowest BCUT2D eigenvalue weighted by atomic mass is 10.3. The number of hydrogen-bond donors (Lipinski definition) is 1. The lowest BCUT2D eigenvalue weighted by molar-refractivity contribution is 0.146. The van der Waals surface area contributed by atoms with Gasteiger partial charge in [-0.05, 0) is 31.2 Å². The molecule has 0 atom stereocenters. The third-order valence-electron chi connectivity index (χ3n) is 2.65. The number of methoxy groups -OCH3 is 1. The van der Waals surface area contributed by atoms with Gasteiger partial charge in [0.2, 0.25) is 0 Å². The van der Waals surface area contributed by atoms with E-state index >= 15 is 0 Å². The molecule has 2 aromatic rings. The number of ether oxygens (including phenoxy) is 2. The third kappa shape index (κ3) is 4.34. The molecule has 1 aromatic carbocycles. The van der Waals surface area contributed by atoms with Gasteiger partial charge in [0.05, 0.1) is 13.2 Å². The predicted molar refractivity (Wildman–Crippen MR) is 74.6 cm³/mol. The van der Waals surface area contributed by atoms with Crippen molar-refractivity contribution in [1.29, 1.82) is 0 Å². The van der Waals surface area contributed by atoms with Crippen LogP contribution in [0.25, 0.3) is 0 Å². The minimum Gasteiger partial charge on any atom is -0.491 e. The summed E-state index contributed by atoms with van der Waals surface area (Å²) in [5.74, 6) is 2.68. The van der Waals surface area contributed by atoms with Crippen molar-refractivity contribution in [3.63, 3.8) is 0 Å². The molecule has 4 heteroatoms. The molecule has 102 valence electrons. The van der Waals surface area contributed by atoms with Crippen LogP contribution in [0.3, 0.4) is 0 Å². The van der Waals surface area contributed by atoms with Crippen LogP contribution in [-0.2, 0) is 11.3 Å². The average molecular weight is 261 g/mol. The highest BCUT2D eigenvalue weighted by molar-refractivity contribution is 5.48. The van der Waals surface area contributed by atoms with Gasteiger partial charge in [0.1, 0.15) is 23.9 Å². The maximum Gasteiger partial charge on any atom is 0.123 e. The van der Waals surface area contributed by atoms with Crippen LogP contribution in [0.4, 0.5) is 5.69 Å². The summed E-state index contributed by atoms with van der Waals surface area (Å²) >= 11 is 0. The summed E-state index contributed by atoms with van der Waals surface area (Å²) in [6.07, 6.45) is 0. The summed E-state index contributed by atoms with van der Waals surface area (Å²) in [4.78, 5) is 0. The first-order chi connectivity index (χ1) is 9.28. The van der Waals surface area contributed by atoms with Crippen molar-refractivity contribution < 1.29 is 13.9 Å². The number of hydrogen-bond acceptors (Lipinski definition) is 4. The molecule has 1 heterocycles. The molecule has 0 fully saturated rings. The Morgan fingerprint density at radius 2 is 2.05 bits per heavy atom. The van der Waals surface area contributed by atoms with E-state index in [2.05, 4.69) is 5.32 Å². The van der Waals surface area contributed by atoms with E-state index < -0.39 is 0 Å². The van der Waals surface area contributed by atoms with Crippen molar-refractivity contribution in [3.8, 4) is 5.75 Å². The normalized spacial score (nSPS) is 10.4. The number of aryl methyl sites for hydroxylation is 1. The Morgan fingerprint density at radius 3 is 2.79 bits per heavy atom. The van der Waals surface area contributed by atoms with Gasteiger partial charge in [-0.2, -0.15) is 0 Å². The monoisotopic (exact) mass is 261 g/mol. The van der Waals surface area contributed by atoms with Gasteiger partial charge in [-0.3, -0.25) is 0 Å². The van der Waals surface area contributed by atoms with E-state index in [0.717, 1.165) is 23.0 Å². The number of furan rings is 1. The topological polar surface area (TPSA) is 43.6 Å². The van der Waals surface area contributed by atoms with Crippen molar-refractivity contribution in [2.24, 2.45) is 0 Å². The maximum atomic E-state index is 5.55. The Kier molecular flexibility index (Phi) is 4.86. The van der Waals surface area contributed by atoms with Crippen LogP contribution >= 0.6 is 0 Å². The van der Waals surface area contributed by atoms with Crippen LogP contribution in [0.1, 0.15) is 11.5 Å². The third-order valence-corrected chi connectivity index (χ3v) is 2.65. The van der Waals surface area contributed by atoms with Gasteiger partial charge in [-0.15, -0.1) is 0 Å². The molecule has 0 bridgehead atoms. The van der Waals surface area contributed by atoms with Crippen LogP contribution in [0.2, 0.25) is 0 Å². The highest BCUT2D eigenvalue weighted by Gasteiger charge is 2.00. The fourth-order valence-electron chi connectivity index (χ4n) is 1.71. The van der Waals surface area contributed by atoms with E-state index in [0.29, 0.717) is 19.8 Å². The van der Waals surface area contributed by atoms with Crippen molar-refractivity contribution in [3.05, 3.63) is 47.9 Å². The van der Waals surface area contributed by atoms with Crippen molar-refractivity contribution in [2.75, 3.05) is 25.6 Å². The van der Waals surface area contributed by atoms with Crippen LogP contribution < -0.4 is 10.1 Å². The van der Waals surface area contributed by atoms with Crippen molar-refractivity contribution >= 4 is 5.69 Å². The molecule has 1 aromatic heterocycles. The Labute approximate surface area is 113 Å². The molecule has 0 aliphatic heterocycles. The second-order valence-electron chi connectivity index (χ2n) is 4.24. The van der Waals surface area contributed by atoms with Crippen LogP contribution in [0, 0.1) is 6.92 Å². The van der Waals surface area contributed by atoms with Gasteiger partial charge in [0.15, 0.2) is 0 Å². The molecule has 0 saturated carbocycles. The molecular weight excluding hydrogens is 242 g/mol. The maximum absolute atomic E-state index is 5.55. The lowest BCUT2D eigenvalue weighted by Gasteiger charge is -2.08. The molecule has 0 radical (unpaired) electrons. The van der Waals surface area contributed by atoms with E-state index in [4.69, 9.17) is 13.9 Å². The summed E-state index contributed by atoms with van der Waals surface area (Å²) < 4.78 is 16.0. The number of benzene rings is 1. The van der Waals surface area contributed by atoms with Gasteiger partial charge in [-0.25, -0.2) is 0 Å². The fraction of sp³-hybridized carbons (Fsp3) is 0.333. The Bertz CT molecular complexity index is 508. The number of nitrogens with one attached hydrogen (secondary N) is 1. The Balaban J connectivity index is 1.87. The quantitative estimate of drug-likeness (QED) is 0.777. The second kappa shape index (κ2) is 6.85. The molecule has 0 aliphatic carbocycles. The van der Waals surface area contributed by atoms with Gasteiger partial charge in [0, 0.05) is 18.9 Å². The van der Waals surface area contributed by atoms with E-state index in [1.54, 1.807) is 7.11 Å². The zero-order valence-corrected chi connectivity index (χ0v) is 11.3. The van der Waals surface area contributed by atoms with Crippen LogP contribution in [0.15, 0.2) is 40.8 Å². The number of rotatable bonds is 7.